The van der Waals surface area contributed by atoms with Gasteiger partial charge in [0.1, 0.15) is 36.4 Å². The van der Waals surface area contributed by atoms with E-state index in [1.165, 1.54) is 17.1 Å². The summed E-state index contributed by atoms with van der Waals surface area (Å²) in [5.41, 5.74) is 12.7. The van der Waals surface area contributed by atoms with E-state index < -0.39 is 113 Å². The first-order valence-electron chi connectivity index (χ1n) is 26.2. The number of nitrogens with zero attached hydrogens (tertiary/aromatic N) is 3. The number of halogens is 2. The minimum Gasteiger partial charge on any atom is -0.480 e. The number of unbranched alkanes of at least 4 members (excludes halogenated alkanes) is 3. The molecule has 3 aromatic rings. The zero-order valence-electron chi connectivity index (χ0n) is 45.0. The Labute approximate surface area is 453 Å². The highest BCUT2D eigenvalue weighted by molar-refractivity contribution is 6.12. The van der Waals surface area contributed by atoms with Crippen molar-refractivity contribution in [1.82, 2.24) is 41.0 Å². The Morgan fingerprint density at radius 3 is 2.04 bits per heavy atom. The maximum absolute atomic E-state index is 15.2. The van der Waals surface area contributed by atoms with Crippen LogP contribution >= 0.6 is 0 Å². The number of carboxylic acid groups (broad SMARTS) is 1. The first-order chi connectivity index (χ1) is 36.9. The molecule has 426 valence electrons. The Kier molecular flexibility index (Phi) is 24.6. The molecule has 11 N–H and O–H groups in total. The number of aromatic nitrogens is 1. The van der Waals surface area contributed by atoms with E-state index in [0.717, 1.165) is 28.7 Å². The van der Waals surface area contributed by atoms with E-state index in [4.69, 9.17) is 11.5 Å². The number of carbonyl (C=O) groups excluding carboxylic acids is 8. The van der Waals surface area contributed by atoms with E-state index >= 15 is 4.39 Å². The lowest BCUT2D eigenvalue weighted by molar-refractivity contribution is -0.142. The first kappa shape index (κ1) is 63.0. The van der Waals surface area contributed by atoms with Crippen molar-refractivity contribution >= 4 is 53.4 Å². The second-order valence-corrected chi connectivity index (χ2v) is 20.7. The molecule has 23 heteroatoms. The molecule has 0 radical (unpaired) electrons. The van der Waals surface area contributed by atoms with Gasteiger partial charge in [-0.05, 0) is 92.5 Å². The Morgan fingerprint density at radius 1 is 0.756 bits per heavy atom. The van der Waals surface area contributed by atoms with Gasteiger partial charge in [0.05, 0.1) is 12.1 Å². The largest absolute Gasteiger partial charge is 0.480 e. The number of aliphatic hydroxyl groups excluding tert-OH is 1. The van der Waals surface area contributed by atoms with Gasteiger partial charge in [-0.2, -0.15) is 0 Å². The van der Waals surface area contributed by atoms with Gasteiger partial charge in [0.2, 0.25) is 29.5 Å². The van der Waals surface area contributed by atoms with E-state index in [1.807, 2.05) is 55.7 Å². The van der Waals surface area contributed by atoms with Crippen LogP contribution in [0.15, 0.2) is 72.9 Å². The minimum atomic E-state index is -1.42. The van der Waals surface area contributed by atoms with Gasteiger partial charge in [0.25, 0.3) is 11.8 Å². The normalized spacial score (nSPS) is 14.3. The summed E-state index contributed by atoms with van der Waals surface area (Å²) >= 11 is 0. The summed E-state index contributed by atoms with van der Waals surface area (Å²) in [5.74, 6) is -7.07. The van der Waals surface area contributed by atoms with Gasteiger partial charge in [-0.15, -0.1) is 0 Å². The fourth-order valence-corrected chi connectivity index (χ4v) is 9.07. The average molecular weight is 1090 g/mol. The number of nitrogens with one attached hydrogen (secondary N) is 5. The number of carbonyl (C=O) groups is 9. The number of hydrogen-bond acceptors (Lipinski definition) is 11. The van der Waals surface area contributed by atoms with Crippen molar-refractivity contribution in [3.63, 3.8) is 0 Å². The molecule has 78 heavy (non-hydrogen) atoms. The molecule has 1 aromatic heterocycles. The summed E-state index contributed by atoms with van der Waals surface area (Å²) in [6.45, 7) is 8.72. The minimum absolute atomic E-state index is 0.0188. The smallest absolute Gasteiger partial charge is 0.326 e. The molecular formula is C55H76F2N10O11. The third-order valence-corrected chi connectivity index (χ3v) is 13.1. The summed E-state index contributed by atoms with van der Waals surface area (Å²) in [4.78, 5) is 117. The van der Waals surface area contributed by atoms with Gasteiger partial charge < -0.3 is 57.7 Å². The topological polar surface area (TPSA) is 318 Å². The molecule has 1 aliphatic heterocycles. The highest BCUT2D eigenvalue weighted by atomic mass is 19.1. The van der Waals surface area contributed by atoms with E-state index in [1.54, 1.807) is 26.1 Å². The number of carboxylic acids is 1. The van der Waals surface area contributed by atoms with Gasteiger partial charge >= 0.3 is 12.0 Å². The molecule has 0 fully saturated rings. The van der Waals surface area contributed by atoms with Crippen molar-refractivity contribution in [3.8, 4) is 11.1 Å². The van der Waals surface area contributed by atoms with Crippen LogP contribution in [0.4, 0.5) is 13.6 Å². The number of aliphatic carboxylic acids is 1. The first-order valence-corrected chi connectivity index (χ1v) is 26.2. The molecule has 0 saturated heterocycles. The summed E-state index contributed by atoms with van der Waals surface area (Å²) in [5, 5.41) is 33.2. The second-order valence-electron chi connectivity index (χ2n) is 20.7. The van der Waals surface area contributed by atoms with Crippen molar-refractivity contribution in [3.05, 3.63) is 95.8 Å². The predicted molar refractivity (Wildman–Crippen MR) is 285 cm³/mol. The van der Waals surface area contributed by atoms with Crippen molar-refractivity contribution in [2.75, 3.05) is 32.8 Å². The number of primary amides is 1. The fourth-order valence-electron chi connectivity index (χ4n) is 9.07. The number of benzene rings is 2. The Hall–Kier alpha value is -7.53. The van der Waals surface area contributed by atoms with E-state index in [2.05, 4.69) is 26.6 Å². The number of aliphatic hydroxyl groups is 1. The molecule has 0 spiro atoms. The third kappa shape index (κ3) is 19.5. The van der Waals surface area contributed by atoms with Gasteiger partial charge in [0.15, 0.2) is 0 Å². The fraction of sp³-hybridized carbons (Fsp3) is 0.509. The summed E-state index contributed by atoms with van der Waals surface area (Å²) in [6.07, 6.45) is 5.98. The second kappa shape index (κ2) is 30.4. The molecule has 2 heterocycles. The lowest BCUT2D eigenvalue weighted by Crippen LogP contribution is -2.57. The standard InChI is InChI=1S/C55H76F2N10O11/c1-34(2)48(64-44(69)19-10-7-13-27-66-45(70)22-23-46(66)71)52(75)62-41(18-14-26-61-54(59)78)51(74)63-42(53(76)77)17-11-12-25-60-50(73)40(58)24-28-67(47(72)33-68)49(55(3,4)5)43-29-36(38-30-37(56)20-21-39(38)57)32-65(43)31-35-15-8-6-9-16-35/h6,8-9,15-16,20-23,29-30,32,34,40-42,48-49,68H,7,10-14,17-19,24-28,31,33,58H2,1-5H3,(H,60,73)(H,62,75)(H,63,74)(H,64,69)(H,76,77)(H3,59,61,78)/t40?,41?,42?,48-,49?/m0/s1. The lowest BCUT2D eigenvalue weighted by Gasteiger charge is -2.41. The Morgan fingerprint density at radius 2 is 1.41 bits per heavy atom. The predicted octanol–water partition coefficient (Wildman–Crippen LogP) is 3.52. The summed E-state index contributed by atoms with van der Waals surface area (Å²) in [6, 6.07) is 7.74. The van der Waals surface area contributed by atoms with Gasteiger partial charge in [-0.3, -0.25) is 38.5 Å². The van der Waals surface area contributed by atoms with Crippen LogP contribution in [-0.4, -0.2) is 135 Å². The molecule has 1 aliphatic rings. The van der Waals surface area contributed by atoms with Crippen LogP contribution in [-0.2, 0) is 44.9 Å². The van der Waals surface area contributed by atoms with Crippen LogP contribution in [0.25, 0.3) is 11.1 Å². The Bertz CT molecular complexity index is 2590. The molecule has 5 atom stereocenters. The van der Waals surface area contributed by atoms with E-state index in [9.17, 15) is 57.8 Å². The van der Waals surface area contributed by atoms with Crippen LogP contribution in [0, 0.1) is 23.0 Å². The van der Waals surface area contributed by atoms with E-state index in [-0.39, 0.29) is 76.7 Å². The monoisotopic (exact) mass is 1090 g/mol. The average Bonchev–Trinajstić information content (AvgIpc) is 3.95. The third-order valence-electron chi connectivity index (χ3n) is 13.1. The number of nitrogens with two attached hydrogens (primary N) is 2. The molecule has 0 bridgehead atoms. The highest BCUT2D eigenvalue weighted by Gasteiger charge is 2.38. The van der Waals surface area contributed by atoms with Crippen molar-refractivity contribution in [2.24, 2.45) is 22.8 Å². The highest BCUT2D eigenvalue weighted by Crippen LogP contribution is 2.41. The van der Waals surface area contributed by atoms with Crippen molar-refractivity contribution in [1.29, 1.82) is 0 Å². The van der Waals surface area contributed by atoms with Crippen LogP contribution in [0.5, 0.6) is 0 Å². The number of urea groups is 1. The summed E-state index contributed by atoms with van der Waals surface area (Å²) in [7, 11) is 0. The molecule has 2 aromatic carbocycles. The number of hydrogen-bond donors (Lipinski definition) is 9. The van der Waals surface area contributed by atoms with Crippen LogP contribution in [0.3, 0.4) is 0 Å². The lowest BCUT2D eigenvalue weighted by atomic mass is 9.82. The SMILES string of the molecule is CC(C)[C@H](NC(=O)CCCCCN1C(=O)C=CC1=O)C(=O)NC(CCCNC(N)=O)C(=O)NC(CCCCNC(=O)C(N)CCN(C(=O)CO)C(c1cc(-c2cc(F)ccc2F)cn1Cc1ccccc1)C(C)(C)C)C(=O)O. The van der Waals surface area contributed by atoms with Gasteiger partial charge in [-0.25, -0.2) is 18.4 Å². The van der Waals surface area contributed by atoms with Crippen LogP contribution in [0.2, 0.25) is 0 Å². The Balaban J connectivity index is 1.35. The number of imide groups is 1. The van der Waals surface area contributed by atoms with Crippen molar-refractivity contribution < 1.29 is 62.1 Å². The quantitative estimate of drug-likeness (QED) is 0.0321. The van der Waals surface area contributed by atoms with Gasteiger partial charge in [-0.1, -0.05) is 71.4 Å². The number of rotatable bonds is 32. The van der Waals surface area contributed by atoms with Crippen LogP contribution in [0.1, 0.15) is 116 Å². The zero-order valence-corrected chi connectivity index (χ0v) is 45.0. The molecule has 21 nitrogen and oxygen atoms in total. The van der Waals surface area contributed by atoms with Gasteiger partial charge in [0, 0.05) is 74.3 Å². The molecule has 9 amide bonds. The van der Waals surface area contributed by atoms with Crippen LogP contribution < -0.4 is 38.1 Å². The van der Waals surface area contributed by atoms with Crippen molar-refractivity contribution in [2.45, 2.75) is 136 Å². The molecular weight excluding hydrogens is 1010 g/mol. The zero-order chi connectivity index (χ0) is 57.7. The molecule has 4 unspecified atom stereocenters. The summed E-state index contributed by atoms with van der Waals surface area (Å²) < 4.78 is 31.5. The number of amides is 9. The maximum atomic E-state index is 15.2. The van der Waals surface area contributed by atoms with E-state index in [0.29, 0.717) is 37.1 Å². The molecule has 4 rings (SSSR count). The molecule has 0 aliphatic carbocycles. The maximum Gasteiger partial charge on any atom is 0.326 e. The molecule has 0 saturated carbocycles.